The Morgan fingerprint density at radius 1 is 1.40 bits per heavy atom. The highest BCUT2D eigenvalue weighted by Crippen LogP contribution is 2.30. The van der Waals surface area contributed by atoms with Gasteiger partial charge in [-0.15, -0.1) is 0 Å². The van der Waals surface area contributed by atoms with Gasteiger partial charge in [-0.25, -0.2) is 0 Å². The largest absolute Gasteiger partial charge is 0.489 e. The van der Waals surface area contributed by atoms with E-state index in [0.717, 1.165) is 31.6 Å². The molecule has 0 spiro atoms. The van der Waals surface area contributed by atoms with Gasteiger partial charge >= 0.3 is 0 Å². The van der Waals surface area contributed by atoms with Crippen molar-refractivity contribution in [1.29, 1.82) is 0 Å². The molecule has 0 saturated carbocycles. The van der Waals surface area contributed by atoms with Crippen molar-refractivity contribution in [3.05, 3.63) is 23.8 Å². The summed E-state index contributed by atoms with van der Waals surface area (Å²) in [6, 6.07) is 5.64. The zero-order chi connectivity index (χ0) is 14.2. The van der Waals surface area contributed by atoms with Gasteiger partial charge in [0, 0.05) is 13.1 Å². The standard InChI is InChI=1S/C15H22N2O2S/c1-20-11-4-2-3-8-17-15(18)12-6-5-7-13-14(12)19-10-9-16-13/h5-7,16H,2-4,8-11H2,1H3,(H,17,18). The molecule has 20 heavy (non-hydrogen) atoms. The van der Waals surface area contributed by atoms with Crippen LogP contribution in [0, 0.1) is 0 Å². The monoisotopic (exact) mass is 294 g/mol. The number of fused-ring (bicyclic) bond motifs is 1. The average molecular weight is 294 g/mol. The van der Waals surface area contributed by atoms with Crippen LogP contribution in [0.2, 0.25) is 0 Å². The molecule has 0 saturated heterocycles. The number of para-hydroxylation sites is 1. The van der Waals surface area contributed by atoms with Crippen LogP contribution < -0.4 is 15.4 Å². The number of thioether (sulfide) groups is 1. The van der Waals surface area contributed by atoms with Gasteiger partial charge in [-0.05, 0) is 37.0 Å². The molecule has 2 rings (SSSR count). The third-order valence-electron chi connectivity index (χ3n) is 3.23. The lowest BCUT2D eigenvalue weighted by Gasteiger charge is -2.21. The van der Waals surface area contributed by atoms with Crippen molar-refractivity contribution in [3.8, 4) is 5.75 Å². The number of hydrogen-bond donors (Lipinski definition) is 2. The molecule has 0 unspecified atom stereocenters. The third-order valence-corrected chi connectivity index (χ3v) is 3.93. The maximum atomic E-state index is 12.2. The highest BCUT2D eigenvalue weighted by Gasteiger charge is 2.18. The van der Waals surface area contributed by atoms with Crippen LogP contribution in [-0.2, 0) is 0 Å². The van der Waals surface area contributed by atoms with Crippen LogP contribution in [0.4, 0.5) is 5.69 Å². The maximum Gasteiger partial charge on any atom is 0.255 e. The minimum Gasteiger partial charge on any atom is -0.489 e. The number of anilines is 1. The zero-order valence-corrected chi connectivity index (χ0v) is 12.7. The lowest BCUT2D eigenvalue weighted by molar-refractivity contribution is 0.0949. The molecule has 0 radical (unpaired) electrons. The van der Waals surface area contributed by atoms with Crippen LogP contribution in [0.1, 0.15) is 29.6 Å². The Morgan fingerprint density at radius 2 is 2.30 bits per heavy atom. The number of ether oxygens (including phenoxy) is 1. The van der Waals surface area contributed by atoms with E-state index in [2.05, 4.69) is 16.9 Å². The first-order chi connectivity index (χ1) is 9.83. The van der Waals surface area contributed by atoms with Crippen molar-refractivity contribution in [2.24, 2.45) is 0 Å². The number of unbranched alkanes of at least 4 members (excludes halogenated alkanes) is 2. The molecular weight excluding hydrogens is 272 g/mol. The number of carbonyl (C=O) groups excluding carboxylic acids is 1. The predicted molar refractivity (Wildman–Crippen MR) is 85.0 cm³/mol. The van der Waals surface area contributed by atoms with Crippen LogP contribution in [0.15, 0.2) is 18.2 Å². The Morgan fingerprint density at radius 3 is 3.15 bits per heavy atom. The van der Waals surface area contributed by atoms with Gasteiger partial charge in [-0.2, -0.15) is 11.8 Å². The molecule has 1 amide bonds. The number of benzene rings is 1. The van der Waals surface area contributed by atoms with Gasteiger partial charge in [0.05, 0.1) is 11.3 Å². The van der Waals surface area contributed by atoms with Crippen LogP contribution in [0.25, 0.3) is 0 Å². The van der Waals surface area contributed by atoms with Crippen molar-refractivity contribution >= 4 is 23.4 Å². The molecule has 2 N–H and O–H groups in total. The summed E-state index contributed by atoms with van der Waals surface area (Å²) in [6.07, 6.45) is 5.52. The first kappa shape index (κ1) is 15.0. The summed E-state index contributed by atoms with van der Waals surface area (Å²) in [4.78, 5) is 12.2. The second kappa shape index (κ2) is 8.04. The van der Waals surface area contributed by atoms with Gasteiger partial charge < -0.3 is 15.4 Å². The molecule has 0 aromatic heterocycles. The lowest BCUT2D eigenvalue weighted by atomic mass is 10.1. The van der Waals surface area contributed by atoms with Crippen molar-refractivity contribution in [2.45, 2.75) is 19.3 Å². The lowest BCUT2D eigenvalue weighted by Crippen LogP contribution is -2.27. The van der Waals surface area contributed by atoms with Gasteiger partial charge in [0.15, 0.2) is 5.75 Å². The minimum absolute atomic E-state index is 0.0459. The average Bonchev–Trinajstić information content (AvgIpc) is 2.50. The SMILES string of the molecule is CSCCCCCNC(=O)c1cccc2c1OCCN2. The number of rotatable bonds is 7. The Kier molecular flexibility index (Phi) is 6.05. The van der Waals surface area contributed by atoms with Crippen LogP contribution in [-0.4, -0.2) is 37.6 Å². The molecule has 0 atom stereocenters. The number of nitrogens with one attached hydrogen (secondary N) is 2. The summed E-state index contributed by atoms with van der Waals surface area (Å²) in [5.74, 6) is 1.83. The molecule has 5 heteroatoms. The van der Waals surface area contributed by atoms with Crippen molar-refractivity contribution < 1.29 is 9.53 Å². The highest BCUT2D eigenvalue weighted by molar-refractivity contribution is 7.98. The number of carbonyl (C=O) groups is 1. The van der Waals surface area contributed by atoms with E-state index in [0.29, 0.717) is 17.9 Å². The molecule has 1 aromatic carbocycles. The fourth-order valence-corrected chi connectivity index (χ4v) is 2.69. The van der Waals surface area contributed by atoms with E-state index in [4.69, 9.17) is 4.74 Å². The predicted octanol–water partition coefficient (Wildman–Crippen LogP) is 2.75. The second-order valence-electron chi connectivity index (χ2n) is 4.77. The van der Waals surface area contributed by atoms with Gasteiger partial charge in [0.1, 0.15) is 6.61 Å². The van der Waals surface area contributed by atoms with E-state index in [1.807, 2.05) is 30.0 Å². The fraction of sp³-hybridized carbons (Fsp3) is 0.533. The van der Waals surface area contributed by atoms with Crippen LogP contribution in [0.3, 0.4) is 0 Å². The molecule has 0 fully saturated rings. The summed E-state index contributed by atoms with van der Waals surface area (Å²) in [5, 5.41) is 6.21. The van der Waals surface area contributed by atoms with E-state index < -0.39 is 0 Å². The third kappa shape index (κ3) is 4.07. The summed E-state index contributed by atoms with van der Waals surface area (Å²) in [5.41, 5.74) is 1.53. The van der Waals surface area contributed by atoms with Crippen molar-refractivity contribution in [2.75, 3.05) is 37.0 Å². The Bertz CT molecular complexity index is 451. The molecule has 1 heterocycles. The quantitative estimate of drug-likeness (QED) is 0.759. The summed E-state index contributed by atoms with van der Waals surface area (Å²) >= 11 is 1.87. The minimum atomic E-state index is -0.0459. The highest BCUT2D eigenvalue weighted by atomic mass is 32.2. The molecule has 110 valence electrons. The normalized spacial score (nSPS) is 13.1. The summed E-state index contributed by atoms with van der Waals surface area (Å²) in [6.45, 7) is 2.11. The van der Waals surface area contributed by atoms with E-state index in [1.54, 1.807) is 0 Å². The van der Waals surface area contributed by atoms with Crippen LogP contribution >= 0.6 is 11.8 Å². The molecular formula is C15H22N2O2S. The second-order valence-corrected chi connectivity index (χ2v) is 5.75. The van der Waals surface area contributed by atoms with Gasteiger partial charge in [-0.1, -0.05) is 12.5 Å². The first-order valence-corrected chi connectivity index (χ1v) is 8.49. The van der Waals surface area contributed by atoms with E-state index >= 15 is 0 Å². The Labute approximate surface area is 124 Å². The van der Waals surface area contributed by atoms with Crippen molar-refractivity contribution in [3.63, 3.8) is 0 Å². The van der Waals surface area contributed by atoms with Crippen LogP contribution in [0.5, 0.6) is 5.75 Å². The molecule has 4 nitrogen and oxygen atoms in total. The molecule has 1 aliphatic heterocycles. The van der Waals surface area contributed by atoms with E-state index in [-0.39, 0.29) is 5.91 Å². The Hall–Kier alpha value is -1.36. The molecule has 1 aromatic rings. The smallest absolute Gasteiger partial charge is 0.255 e. The Balaban J connectivity index is 1.83. The summed E-state index contributed by atoms with van der Waals surface area (Å²) < 4.78 is 5.61. The number of amides is 1. The molecule has 0 bridgehead atoms. The topological polar surface area (TPSA) is 50.4 Å². The molecule has 1 aliphatic rings. The first-order valence-electron chi connectivity index (χ1n) is 7.09. The van der Waals surface area contributed by atoms with Gasteiger partial charge in [-0.3, -0.25) is 4.79 Å². The van der Waals surface area contributed by atoms with Gasteiger partial charge in [0.2, 0.25) is 0 Å². The molecule has 0 aliphatic carbocycles. The maximum absolute atomic E-state index is 12.2. The number of hydrogen-bond acceptors (Lipinski definition) is 4. The summed E-state index contributed by atoms with van der Waals surface area (Å²) in [7, 11) is 0. The van der Waals surface area contributed by atoms with Crippen molar-refractivity contribution in [1.82, 2.24) is 5.32 Å². The fourth-order valence-electron chi connectivity index (χ4n) is 2.19. The zero-order valence-electron chi connectivity index (χ0n) is 11.9. The van der Waals surface area contributed by atoms with Gasteiger partial charge in [0.25, 0.3) is 5.91 Å². The van der Waals surface area contributed by atoms with E-state index in [9.17, 15) is 4.79 Å². The van der Waals surface area contributed by atoms with E-state index in [1.165, 1.54) is 12.2 Å².